The molecular formula is C16H19ClNO2-. The van der Waals surface area contributed by atoms with E-state index in [0.717, 1.165) is 29.2 Å². The highest BCUT2D eigenvalue weighted by Crippen LogP contribution is 2.25. The molecule has 1 heterocycles. The molecule has 20 heavy (non-hydrogen) atoms. The summed E-state index contributed by atoms with van der Waals surface area (Å²) in [5, 5.41) is 12.9. The first kappa shape index (κ1) is 15.1. The van der Waals surface area contributed by atoms with Crippen LogP contribution in [0.25, 0.3) is 11.3 Å². The maximum absolute atomic E-state index is 9.49. The highest BCUT2D eigenvalue weighted by atomic mass is 35.5. The van der Waals surface area contributed by atoms with Crippen LogP contribution in [-0.2, 0) is 6.54 Å². The number of nitrogens with one attached hydrogen (secondary N) is 1. The largest absolute Gasteiger partial charge is 1.00 e. The van der Waals surface area contributed by atoms with Gasteiger partial charge in [0.1, 0.15) is 11.5 Å². The Balaban J connectivity index is 0.00000147. The molecular weight excluding hydrogens is 274 g/mol. The summed E-state index contributed by atoms with van der Waals surface area (Å²) in [5.74, 6) is 1.85. The van der Waals surface area contributed by atoms with Crippen molar-refractivity contribution in [2.45, 2.75) is 38.5 Å². The third-order valence-electron chi connectivity index (χ3n) is 3.48. The number of aliphatic hydroxyl groups is 1. The Kier molecular flexibility index (Phi) is 4.86. The topological polar surface area (TPSA) is 45.4 Å². The van der Waals surface area contributed by atoms with Gasteiger partial charge in [0.25, 0.3) is 0 Å². The van der Waals surface area contributed by atoms with Crippen LogP contribution in [0, 0.1) is 0 Å². The molecule has 1 aliphatic rings. The Morgan fingerprint density at radius 1 is 1.20 bits per heavy atom. The van der Waals surface area contributed by atoms with Crippen molar-refractivity contribution >= 4 is 0 Å². The second-order valence-corrected chi connectivity index (χ2v) is 5.22. The van der Waals surface area contributed by atoms with Crippen molar-refractivity contribution in [3.63, 3.8) is 0 Å². The second kappa shape index (κ2) is 6.44. The summed E-state index contributed by atoms with van der Waals surface area (Å²) in [6, 6.07) is 12.6. The van der Waals surface area contributed by atoms with Gasteiger partial charge >= 0.3 is 0 Å². The third kappa shape index (κ3) is 3.63. The standard InChI is InChI=1S/C16H19NO2.ClH/c1-11(18)12-2-4-13(5-3-12)16-9-8-15(19-16)10-17-14-6-7-14;/h2-5,8-9,11,14,17-18H,6-7,10H2,1H3;1H/p-1. The number of halogens is 1. The fourth-order valence-electron chi connectivity index (χ4n) is 2.09. The van der Waals surface area contributed by atoms with E-state index < -0.39 is 6.10 Å². The number of hydrogen-bond acceptors (Lipinski definition) is 3. The van der Waals surface area contributed by atoms with Crippen LogP contribution in [-0.4, -0.2) is 11.1 Å². The van der Waals surface area contributed by atoms with Gasteiger partial charge in [0.2, 0.25) is 0 Å². The van der Waals surface area contributed by atoms with Crippen molar-refractivity contribution in [2.75, 3.05) is 0 Å². The molecule has 108 valence electrons. The van der Waals surface area contributed by atoms with Crippen LogP contribution in [0.5, 0.6) is 0 Å². The van der Waals surface area contributed by atoms with Gasteiger partial charge in [-0.1, -0.05) is 24.3 Å². The van der Waals surface area contributed by atoms with Gasteiger partial charge in [0, 0.05) is 11.6 Å². The van der Waals surface area contributed by atoms with Gasteiger partial charge in [0.15, 0.2) is 0 Å². The Morgan fingerprint density at radius 2 is 1.90 bits per heavy atom. The first-order valence-electron chi connectivity index (χ1n) is 6.83. The molecule has 3 rings (SSSR count). The van der Waals surface area contributed by atoms with E-state index in [1.807, 2.05) is 36.4 Å². The molecule has 0 radical (unpaired) electrons. The second-order valence-electron chi connectivity index (χ2n) is 5.22. The third-order valence-corrected chi connectivity index (χ3v) is 3.48. The summed E-state index contributed by atoms with van der Waals surface area (Å²) in [5.41, 5.74) is 1.97. The first-order chi connectivity index (χ1) is 9.22. The molecule has 0 saturated heterocycles. The Bertz CT molecular complexity index is 544. The van der Waals surface area contributed by atoms with Crippen LogP contribution in [0.15, 0.2) is 40.8 Å². The molecule has 0 bridgehead atoms. The van der Waals surface area contributed by atoms with E-state index in [1.54, 1.807) is 6.92 Å². The van der Waals surface area contributed by atoms with Crippen LogP contribution >= 0.6 is 0 Å². The fourth-order valence-corrected chi connectivity index (χ4v) is 2.09. The minimum absolute atomic E-state index is 0. The van der Waals surface area contributed by atoms with Gasteiger partial charge in [-0.05, 0) is 37.5 Å². The van der Waals surface area contributed by atoms with Crippen molar-refractivity contribution in [2.24, 2.45) is 0 Å². The van der Waals surface area contributed by atoms with E-state index in [1.165, 1.54) is 12.8 Å². The molecule has 1 aromatic carbocycles. The molecule has 1 unspecified atom stereocenters. The summed E-state index contributed by atoms with van der Waals surface area (Å²) in [6.07, 6.45) is 2.15. The molecule has 4 heteroatoms. The molecule has 2 aromatic rings. The van der Waals surface area contributed by atoms with E-state index in [-0.39, 0.29) is 12.4 Å². The van der Waals surface area contributed by atoms with Gasteiger partial charge in [0.05, 0.1) is 12.6 Å². The Morgan fingerprint density at radius 3 is 2.50 bits per heavy atom. The lowest BCUT2D eigenvalue weighted by Gasteiger charge is -2.05. The van der Waals surface area contributed by atoms with Gasteiger partial charge < -0.3 is 27.2 Å². The van der Waals surface area contributed by atoms with Crippen LogP contribution in [0.1, 0.15) is 37.2 Å². The van der Waals surface area contributed by atoms with Gasteiger partial charge in [-0.3, -0.25) is 0 Å². The summed E-state index contributed by atoms with van der Waals surface area (Å²) in [4.78, 5) is 0. The summed E-state index contributed by atoms with van der Waals surface area (Å²) >= 11 is 0. The van der Waals surface area contributed by atoms with Gasteiger partial charge in [-0.25, -0.2) is 0 Å². The SMILES string of the molecule is CC(O)c1ccc(-c2ccc(CNC3CC3)o2)cc1.[Cl-]. The molecule has 1 aromatic heterocycles. The average molecular weight is 293 g/mol. The number of aliphatic hydroxyl groups excluding tert-OH is 1. The molecule has 1 saturated carbocycles. The lowest BCUT2D eigenvalue weighted by atomic mass is 10.1. The summed E-state index contributed by atoms with van der Waals surface area (Å²) in [7, 11) is 0. The summed E-state index contributed by atoms with van der Waals surface area (Å²) < 4.78 is 5.82. The zero-order chi connectivity index (χ0) is 13.2. The minimum Gasteiger partial charge on any atom is -1.00 e. The van der Waals surface area contributed by atoms with Crippen LogP contribution in [0.3, 0.4) is 0 Å². The minimum atomic E-state index is -0.427. The monoisotopic (exact) mass is 292 g/mol. The number of rotatable bonds is 5. The maximum Gasteiger partial charge on any atom is 0.134 e. The van der Waals surface area contributed by atoms with Crippen LogP contribution in [0.2, 0.25) is 0 Å². The fraction of sp³-hybridized carbons (Fsp3) is 0.375. The van der Waals surface area contributed by atoms with Crippen molar-refractivity contribution in [3.05, 3.63) is 47.7 Å². The van der Waals surface area contributed by atoms with E-state index in [9.17, 15) is 5.11 Å². The number of benzene rings is 1. The predicted octanol–water partition coefficient (Wildman–Crippen LogP) is 0.256. The van der Waals surface area contributed by atoms with Crippen molar-refractivity contribution in [1.29, 1.82) is 0 Å². The smallest absolute Gasteiger partial charge is 0.134 e. The zero-order valence-corrected chi connectivity index (χ0v) is 12.2. The van der Waals surface area contributed by atoms with E-state index in [0.29, 0.717) is 6.04 Å². The average Bonchev–Trinajstić information content (AvgIpc) is 3.13. The maximum atomic E-state index is 9.49. The highest BCUT2D eigenvalue weighted by molar-refractivity contribution is 5.58. The van der Waals surface area contributed by atoms with Crippen molar-refractivity contribution in [1.82, 2.24) is 5.32 Å². The Labute approximate surface area is 125 Å². The summed E-state index contributed by atoms with van der Waals surface area (Å²) in [6.45, 7) is 2.57. The lowest BCUT2D eigenvalue weighted by molar-refractivity contribution is -0.00000638. The molecule has 2 N–H and O–H groups in total. The number of furan rings is 1. The van der Waals surface area contributed by atoms with E-state index in [4.69, 9.17) is 4.42 Å². The molecule has 1 fully saturated rings. The van der Waals surface area contributed by atoms with Crippen LogP contribution in [0.4, 0.5) is 0 Å². The van der Waals surface area contributed by atoms with Crippen molar-refractivity contribution in [3.8, 4) is 11.3 Å². The first-order valence-corrected chi connectivity index (χ1v) is 6.83. The zero-order valence-electron chi connectivity index (χ0n) is 11.5. The van der Waals surface area contributed by atoms with E-state index in [2.05, 4.69) is 5.32 Å². The molecule has 1 atom stereocenters. The quantitative estimate of drug-likeness (QED) is 0.831. The predicted molar refractivity (Wildman–Crippen MR) is 74.6 cm³/mol. The normalized spacial score (nSPS) is 15.7. The molecule has 1 aliphatic carbocycles. The Hall–Kier alpha value is -1.29. The van der Waals surface area contributed by atoms with Crippen LogP contribution < -0.4 is 17.7 Å². The lowest BCUT2D eigenvalue weighted by Crippen LogP contribution is -3.00. The van der Waals surface area contributed by atoms with Gasteiger partial charge in [-0.2, -0.15) is 0 Å². The highest BCUT2D eigenvalue weighted by Gasteiger charge is 2.20. The number of hydrogen-bond donors (Lipinski definition) is 2. The van der Waals surface area contributed by atoms with E-state index >= 15 is 0 Å². The molecule has 0 spiro atoms. The molecule has 0 amide bonds. The van der Waals surface area contributed by atoms with Gasteiger partial charge in [-0.15, -0.1) is 0 Å². The van der Waals surface area contributed by atoms with Crippen molar-refractivity contribution < 1.29 is 21.9 Å². The molecule has 3 nitrogen and oxygen atoms in total. The molecule has 0 aliphatic heterocycles.